The molecule has 1 unspecified atom stereocenters. The van der Waals surface area contributed by atoms with Crippen LogP contribution in [0.25, 0.3) is 0 Å². The minimum absolute atomic E-state index is 0.0186. The first-order valence-electron chi connectivity index (χ1n) is 4.48. The van der Waals surface area contributed by atoms with Crippen molar-refractivity contribution in [3.8, 4) is 0 Å². The molecule has 6 heteroatoms. The molecule has 1 atom stereocenters. The van der Waals surface area contributed by atoms with Gasteiger partial charge in [0.1, 0.15) is 16.1 Å². The van der Waals surface area contributed by atoms with Gasteiger partial charge in [0.15, 0.2) is 0 Å². The summed E-state index contributed by atoms with van der Waals surface area (Å²) in [5, 5.41) is 12.3. The van der Waals surface area contributed by atoms with Gasteiger partial charge in [-0.1, -0.05) is 13.8 Å². The van der Waals surface area contributed by atoms with Crippen molar-refractivity contribution in [2.45, 2.75) is 20.1 Å². The Morgan fingerprint density at radius 2 is 2.00 bits per heavy atom. The maximum Gasteiger partial charge on any atom is 0.148 e. The molecule has 14 heavy (non-hydrogen) atoms. The van der Waals surface area contributed by atoms with Crippen LogP contribution in [0.5, 0.6) is 0 Å². The molecule has 0 fully saturated rings. The van der Waals surface area contributed by atoms with E-state index in [2.05, 4.69) is 5.32 Å². The monoisotopic (exact) mass is 224 g/mol. The summed E-state index contributed by atoms with van der Waals surface area (Å²) >= 11 is 0. The van der Waals surface area contributed by atoms with E-state index >= 15 is 0 Å². The van der Waals surface area contributed by atoms with Crippen molar-refractivity contribution in [1.82, 2.24) is 5.32 Å². The molecule has 0 aliphatic carbocycles. The molecule has 0 spiro atoms. The zero-order chi connectivity index (χ0) is 11.4. The Labute approximate surface area is 85.6 Å². The molecular weight excluding hydrogens is 204 g/mol. The minimum atomic E-state index is -2.98. The van der Waals surface area contributed by atoms with Crippen LogP contribution < -0.4 is 11.1 Å². The van der Waals surface area contributed by atoms with Crippen LogP contribution in [0.2, 0.25) is 0 Å². The van der Waals surface area contributed by atoms with Crippen LogP contribution in [-0.2, 0) is 9.84 Å². The summed E-state index contributed by atoms with van der Waals surface area (Å²) in [6, 6.07) is 0. The summed E-state index contributed by atoms with van der Waals surface area (Å²) in [5.41, 5.74) is 5.00. The molecule has 0 aromatic rings. The molecule has 0 saturated heterocycles. The van der Waals surface area contributed by atoms with Gasteiger partial charge in [0.05, 0.1) is 5.75 Å². The first kappa shape index (κ1) is 13.8. The van der Waals surface area contributed by atoms with E-state index in [9.17, 15) is 13.5 Å². The number of aliphatic hydroxyl groups is 1. The van der Waals surface area contributed by atoms with Gasteiger partial charge in [-0.05, 0) is 0 Å². The second kappa shape index (κ2) is 5.06. The number of hydrogen-bond donors (Lipinski definition) is 3. The third-order valence-corrected chi connectivity index (χ3v) is 3.02. The molecule has 0 heterocycles. The summed E-state index contributed by atoms with van der Waals surface area (Å²) in [6.45, 7) is 4.19. The molecule has 86 valence electrons. The fourth-order valence-corrected chi connectivity index (χ4v) is 1.26. The summed E-state index contributed by atoms with van der Waals surface area (Å²) < 4.78 is 21.6. The molecule has 4 N–H and O–H groups in total. The quantitative estimate of drug-likeness (QED) is 0.499. The highest BCUT2D eigenvalue weighted by Gasteiger charge is 2.25. The summed E-state index contributed by atoms with van der Waals surface area (Å²) in [7, 11) is -2.98. The summed E-state index contributed by atoms with van der Waals surface area (Å²) in [4.78, 5) is 0. The summed E-state index contributed by atoms with van der Waals surface area (Å²) in [5.74, 6) is 0.0186. The van der Waals surface area contributed by atoms with Crippen LogP contribution in [0, 0.1) is 5.41 Å². The van der Waals surface area contributed by atoms with Crippen molar-refractivity contribution >= 4 is 9.84 Å². The van der Waals surface area contributed by atoms with Crippen LogP contribution >= 0.6 is 0 Å². The molecule has 5 nitrogen and oxygen atoms in total. The average molecular weight is 224 g/mol. The zero-order valence-electron chi connectivity index (χ0n) is 8.95. The van der Waals surface area contributed by atoms with E-state index in [1.54, 1.807) is 0 Å². The lowest BCUT2D eigenvalue weighted by Gasteiger charge is -2.29. The standard InChI is InChI=1S/C8H20N2O3S/c1-8(2,6-9)7(11)10-4-5-14(3,12)13/h7,10-11H,4-6,9H2,1-3H3. The number of nitrogens with two attached hydrogens (primary N) is 1. The number of nitrogens with one attached hydrogen (secondary N) is 1. The second-order valence-corrected chi connectivity index (χ2v) is 6.44. The second-order valence-electron chi connectivity index (χ2n) is 4.18. The molecule has 0 radical (unpaired) electrons. The lowest BCUT2D eigenvalue weighted by molar-refractivity contribution is 0.0290. The lowest BCUT2D eigenvalue weighted by atomic mass is 9.91. The van der Waals surface area contributed by atoms with Crippen molar-refractivity contribution in [2.24, 2.45) is 11.1 Å². The van der Waals surface area contributed by atoms with E-state index in [-0.39, 0.29) is 12.3 Å². The van der Waals surface area contributed by atoms with Crippen molar-refractivity contribution in [3.63, 3.8) is 0 Å². The number of aliphatic hydroxyl groups excluding tert-OH is 1. The largest absolute Gasteiger partial charge is 0.378 e. The van der Waals surface area contributed by atoms with Gasteiger partial charge in [0.2, 0.25) is 0 Å². The Hall–Kier alpha value is -0.170. The van der Waals surface area contributed by atoms with Gasteiger partial charge >= 0.3 is 0 Å². The molecule has 0 amide bonds. The molecule has 0 aliphatic heterocycles. The normalized spacial score (nSPS) is 15.5. The zero-order valence-corrected chi connectivity index (χ0v) is 9.76. The van der Waals surface area contributed by atoms with E-state index in [0.29, 0.717) is 6.54 Å². The van der Waals surface area contributed by atoms with Gasteiger partial charge < -0.3 is 10.8 Å². The molecular formula is C8H20N2O3S. The Morgan fingerprint density at radius 1 is 1.50 bits per heavy atom. The van der Waals surface area contributed by atoms with Crippen molar-refractivity contribution < 1.29 is 13.5 Å². The average Bonchev–Trinajstić information content (AvgIpc) is 2.02. The highest BCUT2D eigenvalue weighted by molar-refractivity contribution is 7.90. The van der Waals surface area contributed by atoms with Gasteiger partial charge in [-0.25, -0.2) is 8.42 Å². The number of rotatable bonds is 6. The molecule has 0 aromatic carbocycles. The smallest absolute Gasteiger partial charge is 0.148 e. The van der Waals surface area contributed by atoms with E-state index in [1.807, 2.05) is 13.8 Å². The third kappa shape index (κ3) is 5.54. The van der Waals surface area contributed by atoms with Crippen LogP contribution in [0.15, 0.2) is 0 Å². The van der Waals surface area contributed by atoms with E-state index in [4.69, 9.17) is 5.73 Å². The van der Waals surface area contributed by atoms with Crippen molar-refractivity contribution in [2.75, 3.05) is 25.1 Å². The minimum Gasteiger partial charge on any atom is -0.378 e. The van der Waals surface area contributed by atoms with Crippen molar-refractivity contribution in [3.05, 3.63) is 0 Å². The molecule has 0 aliphatic rings. The third-order valence-electron chi connectivity index (χ3n) is 2.08. The number of sulfone groups is 1. The SMILES string of the molecule is CC(C)(CN)C(O)NCCS(C)(=O)=O. The Morgan fingerprint density at radius 3 is 2.36 bits per heavy atom. The van der Waals surface area contributed by atoms with Gasteiger partial charge in [-0.3, -0.25) is 5.32 Å². The number of hydrogen-bond acceptors (Lipinski definition) is 5. The first-order chi connectivity index (χ1) is 6.19. The molecule has 0 bridgehead atoms. The van der Waals surface area contributed by atoms with E-state index in [1.165, 1.54) is 0 Å². The Bertz CT molecular complexity index is 262. The molecule has 0 rings (SSSR count). The van der Waals surface area contributed by atoms with E-state index in [0.717, 1.165) is 6.26 Å². The van der Waals surface area contributed by atoms with Crippen LogP contribution in [-0.4, -0.2) is 44.9 Å². The first-order valence-corrected chi connectivity index (χ1v) is 6.54. The highest BCUT2D eigenvalue weighted by atomic mass is 32.2. The maximum absolute atomic E-state index is 10.8. The van der Waals surface area contributed by atoms with Crippen LogP contribution in [0.1, 0.15) is 13.8 Å². The molecule has 0 aromatic heterocycles. The predicted octanol–water partition coefficient (Wildman–Crippen LogP) is -1.08. The van der Waals surface area contributed by atoms with Gasteiger partial charge in [-0.15, -0.1) is 0 Å². The highest BCUT2D eigenvalue weighted by Crippen LogP contribution is 2.16. The van der Waals surface area contributed by atoms with E-state index < -0.39 is 21.5 Å². The fraction of sp³-hybridized carbons (Fsp3) is 1.00. The summed E-state index contributed by atoms with van der Waals surface area (Å²) in [6.07, 6.45) is 0.379. The molecule has 0 saturated carbocycles. The van der Waals surface area contributed by atoms with Crippen molar-refractivity contribution in [1.29, 1.82) is 0 Å². The van der Waals surface area contributed by atoms with Gasteiger partial charge in [0, 0.05) is 24.8 Å². The maximum atomic E-state index is 10.8. The Balaban J connectivity index is 3.92. The van der Waals surface area contributed by atoms with Gasteiger partial charge in [-0.2, -0.15) is 0 Å². The van der Waals surface area contributed by atoms with Gasteiger partial charge in [0.25, 0.3) is 0 Å². The Kier molecular flexibility index (Phi) is 5.00. The predicted molar refractivity (Wildman–Crippen MR) is 56.6 cm³/mol. The van der Waals surface area contributed by atoms with Crippen LogP contribution in [0.3, 0.4) is 0 Å². The van der Waals surface area contributed by atoms with Crippen LogP contribution in [0.4, 0.5) is 0 Å². The topological polar surface area (TPSA) is 92.4 Å². The fourth-order valence-electron chi connectivity index (χ4n) is 0.769. The lowest BCUT2D eigenvalue weighted by Crippen LogP contribution is -2.47.